The van der Waals surface area contributed by atoms with Gasteiger partial charge in [-0.1, -0.05) is 36.4 Å². The lowest BCUT2D eigenvalue weighted by atomic mass is 9.96. The lowest BCUT2D eigenvalue weighted by Gasteiger charge is -2.32. The summed E-state index contributed by atoms with van der Waals surface area (Å²) < 4.78 is 0. The number of nitrogens with one attached hydrogen (secondary N) is 2. The molecule has 0 saturated carbocycles. The molecule has 0 radical (unpaired) electrons. The Balaban J connectivity index is 1.26. The highest BCUT2D eigenvalue weighted by Crippen LogP contribution is 2.24. The van der Waals surface area contributed by atoms with Crippen LogP contribution >= 0.6 is 0 Å². The van der Waals surface area contributed by atoms with Gasteiger partial charge < -0.3 is 15.6 Å². The molecule has 0 unspecified atom stereocenters. The fourth-order valence-corrected chi connectivity index (χ4v) is 4.15. The Morgan fingerprint density at radius 1 is 1.12 bits per heavy atom. The molecule has 164 valence electrons. The minimum Gasteiger partial charge on any atom is -0.384 e. The number of likely N-dealkylation sites (tertiary alicyclic amines) is 1. The Hall–Kier alpha value is -3.54. The number of nitrogens with zero attached hydrogens (tertiary/aromatic N) is 3. The minimum atomic E-state index is 0.256. The summed E-state index contributed by atoms with van der Waals surface area (Å²) in [6.45, 7) is 2.49. The Bertz CT molecular complexity index is 1030. The first-order valence-corrected chi connectivity index (χ1v) is 11.2. The van der Waals surface area contributed by atoms with Gasteiger partial charge in [-0.05, 0) is 42.9 Å². The van der Waals surface area contributed by atoms with Crippen molar-refractivity contribution in [3.8, 4) is 11.3 Å². The fourth-order valence-electron chi connectivity index (χ4n) is 4.15. The van der Waals surface area contributed by atoms with E-state index in [4.69, 9.17) is 5.41 Å². The van der Waals surface area contributed by atoms with Crippen molar-refractivity contribution < 1.29 is 4.79 Å². The molecule has 0 aliphatic carbocycles. The van der Waals surface area contributed by atoms with Gasteiger partial charge in [-0.2, -0.15) is 0 Å². The van der Waals surface area contributed by atoms with Crippen LogP contribution in [-0.2, 0) is 11.2 Å². The Labute approximate surface area is 189 Å². The van der Waals surface area contributed by atoms with Gasteiger partial charge in [-0.15, -0.1) is 0 Å². The minimum absolute atomic E-state index is 0.256. The second-order valence-corrected chi connectivity index (χ2v) is 8.23. The Morgan fingerprint density at radius 2 is 1.94 bits per heavy atom. The predicted octanol–water partition coefficient (Wildman–Crippen LogP) is 4.42. The molecular weight excluding hydrogens is 398 g/mol. The van der Waals surface area contributed by atoms with E-state index in [9.17, 15) is 4.79 Å². The van der Waals surface area contributed by atoms with Crippen LogP contribution in [0.25, 0.3) is 11.3 Å². The van der Waals surface area contributed by atoms with E-state index in [-0.39, 0.29) is 5.91 Å². The zero-order chi connectivity index (χ0) is 22.2. The molecular formula is C26H29N5O. The van der Waals surface area contributed by atoms with Crippen LogP contribution in [0.15, 0.2) is 67.1 Å². The summed E-state index contributed by atoms with van der Waals surface area (Å²) in [4.78, 5) is 23.0. The summed E-state index contributed by atoms with van der Waals surface area (Å²) in [5.74, 6) is 0.775. The number of aromatic nitrogens is 2. The van der Waals surface area contributed by atoms with Crippen molar-refractivity contribution in [2.75, 3.05) is 25.0 Å². The van der Waals surface area contributed by atoms with E-state index in [0.717, 1.165) is 61.4 Å². The van der Waals surface area contributed by atoms with Crippen molar-refractivity contribution in [3.63, 3.8) is 0 Å². The van der Waals surface area contributed by atoms with E-state index < -0.39 is 0 Å². The molecule has 1 aromatic heterocycles. The van der Waals surface area contributed by atoms with Crippen molar-refractivity contribution in [3.05, 3.63) is 78.2 Å². The van der Waals surface area contributed by atoms with Gasteiger partial charge in [0.05, 0.1) is 11.9 Å². The lowest BCUT2D eigenvalue weighted by molar-refractivity contribution is -0.132. The molecule has 0 spiro atoms. The van der Waals surface area contributed by atoms with E-state index in [1.54, 1.807) is 18.6 Å². The van der Waals surface area contributed by atoms with Crippen LogP contribution < -0.4 is 5.32 Å². The number of anilines is 1. The SMILES string of the molecule is N=Cc1cc(-c2cnccn2)ccc1NCC1CCN(C(=O)CCc2ccccc2)CC1. The Morgan fingerprint density at radius 3 is 2.66 bits per heavy atom. The monoisotopic (exact) mass is 427 g/mol. The van der Waals surface area contributed by atoms with Crippen LogP contribution in [0.5, 0.6) is 0 Å². The quantitative estimate of drug-likeness (QED) is 0.521. The normalized spacial score (nSPS) is 14.2. The molecule has 32 heavy (non-hydrogen) atoms. The van der Waals surface area contributed by atoms with Crippen molar-refractivity contribution >= 4 is 17.8 Å². The molecule has 3 aromatic rings. The lowest BCUT2D eigenvalue weighted by Crippen LogP contribution is -2.40. The van der Waals surface area contributed by atoms with Gasteiger partial charge in [-0.3, -0.25) is 14.8 Å². The molecule has 2 heterocycles. The van der Waals surface area contributed by atoms with E-state index in [0.29, 0.717) is 12.3 Å². The van der Waals surface area contributed by atoms with Gasteiger partial charge in [0.1, 0.15) is 0 Å². The van der Waals surface area contributed by atoms with Crippen molar-refractivity contribution in [2.45, 2.75) is 25.7 Å². The second-order valence-electron chi connectivity index (χ2n) is 8.23. The van der Waals surface area contributed by atoms with E-state index >= 15 is 0 Å². The molecule has 1 amide bonds. The highest BCUT2D eigenvalue weighted by molar-refractivity contribution is 5.88. The standard InChI is InChI=1S/C26H29N5O/c27-17-23-16-22(25-19-28-12-13-29-25)7-8-24(23)30-18-21-10-14-31(15-11-21)26(32)9-6-20-4-2-1-3-5-20/h1-5,7-8,12-13,16-17,19,21,27,30H,6,9-11,14-15,18H2. The number of piperidine rings is 1. The molecule has 1 fully saturated rings. The topological polar surface area (TPSA) is 82.0 Å². The third kappa shape index (κ3) is 5.58. The first-order chi connectivity index (χ1) is 15.7. The maximum Gasteiger partial charge on any atom is 0.222 e. The van der Waals surface area contributed by atoms with Crippen LogP contribution in [-0.4, -0.2) is 46.6 Å². The fraction of sp³-hybridized carbons (Fsp3) is 0.308. The number of hydrogen-bond donors (Lipinski definition) is 2. The number of carbonyl (C=O) groups excluding carboxylic acids is 1. The summed E-state index contributed by atoms with van der Waals surface area (Å²) in [6, 6.07) is 16.2. The third-order valence-electron chi connectivity index (χ3n) is 6.08. The molecule has 1 aliphatic rings. The van der Waals surface area contributed by atoms with Crippen molar-refractivity contribution in [1.82, 2.24) is 14.9 Å². The zero-order valence-corrected chi connectivity index (χ0v) is 18.2. The molecule has 6 heteroatoms. The van der Waals surface area contributed by atoms with Gasteiger partial charge in [0.25, 0.3) is 0 Å². The molecule has 4 rings (SSSR count). The van der Waals surface area contributed by atoms with Crippen LogP contribution in [0, 0.1) is 11.3 Å². The summed E-state index contributed by atoms with van der Waals surface area (Å²) in [5, 5.41) is 11.3. The maximum absolute atomic E-state index is 12.6. The molecule has 2 N–H and O–H groups in total. The number of carbonyl (C=O) groups is 1. The average molecular weight is 428 g/mol. The highest BCUT2D eigenvalue weighted by atomic mass is 16.2. The number of aryl methyl sites for hydroxylation is 1. The molecule has 2 aromatic carbocycles. The third-order valence-corrected chi connectivity index (χ3v) is 6.08. The number of benzene rings is 2. The van der Waals surface area contributed by atoms with Gasteiger partial charge in [0.2, 0.25) is 5.91 Å². The smallest absolute Gasteiger partial charge is 0.222 e. The van der Waals surface area contributed by atoms with Gasteiger partial charge in [-0.25, -0.2) is 0 Å². The Kier molecular flexibility index (Phi) is 7.23. The van der Waals surface area contributed by atoms with Gasteiger partial charge in [0.15, 0.2) is 0 Å². The number of hydrogen-bond acceptors (Lipinski definition) is 5. The predicted molar refractivity (Wildman–Crippen MR) is 128 cm³/mol. The second kappa shape index (κ2) is 10.7. The van der Waals surface area contributed by atoms with Crippen molar-refractivity contribution in [1.29, 1.82) is 5.41 Å². The largest absolute Gasteiger partial charge is 0.384 e. The molecule has 1 saturated heterocycles. The van der Waals surface area contributed by atoms with Crippen LogP contribution in [0.1, 0.15) is 30.4 Å². The van der Waals surface area contributed by atoms with E-state index in [1.165, 1.54) is 11.8 Å². The summed E-state index contributed by atoms with van der Waals surface area (Å²) in [5.41, 5.74) is 4.75. The highest BCUT2D eigenvalue weighted by Gasteiger charge is 2.22. The number of amides is 1. The summed E-state index contributed by atoms with van der Waals surface area (Å²) in [7, 11) is 0. The summed E-state index contributed by atoms with van der Waals surface area (Å²) >= 11 is 0. The molecule has 6 nitrogen and oxygen atoms in total. The first-order valence-electron chi connectivity index (χ1n) is 11.2. The maximum atomic E-state index is 12.6. The van der Waals surface area contributed by atoms with E-state index in [1.807, 2.05) is 41.3 Å². The van der Waals surface area contributed by atoms with Crippen molar-refractivity contribution in [2.24, 2.45) is 5.92 Å². The first kappa shape index (κ1) is 21.7. The van der Waals surface area contributed by atoms with Gasteiger partial charge >= 0.3 is 0 Å². The molecule has 0 bridgehead atoms. The van der Waals surface area contributed by atoms with E-state index in [2.05, 4.69) is 27.4 Å². The van der Waals surface area contributed by atoms with Crippen LogP contribution in [0.3, 0.4) is 0 Å². The van der Waals surface area contributed by atoms with Gasteiger partial charge in [0, 0.05) is 61.5 Å². The summed E-state index contributed by atoms with van der Waals surface area (Å²) in [6.07, 6.45) is 9.81. The molecule has 1 aliphatic heterocycles. The number of rotatable bonds is 8. The average Bonchev–Trinajstić information content (AvgIpc) is 2.87. The van der Waals surface area contributed by atoms with Crippen LogP contribution in [0.4, 0.5) is 5.69 Å². The zero-order valence-electron chi connectivity index (χ0n) is 18.2. The molecule has 0 atom stereocenters. The van der Waals surface area contributed by atoms with Crippen LogP contribution in [0.2, 0.25) is 0 Å².